The van der Waals surface area contributed by atoms with Crippen molar-refractivity contribution in [2.75, 3.05) is 15.8 Å². The monoisotopic (exact) mass is 446 g/mol. The molecule has 10 nitrogen and oxygen atoms in total. The average molecular weight is 446 g/mol. The number of anilines is 3. The number of hydrogen-bond acceptors (Lipinski definition) is 8. The Morgan fingerprint density at radius 1 is 1.16 bits per heavy atom. The van der Waals surface area contributed by atoms with Crippen LogP contribution >= 0.6 is 0 Å². The summed E-state index contributed by atoms with van der Waals surface area (Å²) in [5, 5.41) is 2.56. The molecule has 0 radical (unpaired) electrons. The molecule has 0 aliphatic rings. The standard InChI is InChI=1S/C18H16F2N8O2S/c1-2-7-31(29,30)27-12-4-3-11(19)15(14(12)20)25-17-16-13(23-9-24-17)8-22-18(26-16)28-6-5-21-10-28/h3-6,8-10,27H,2,7H2,1H3,(H,23,24,25). The van der Waals surface area contributed by atoms with E-state index < -0.39 is 27.3 Å². The van der Waals surface area contributed by atoms with Crippen molar-refractivity contribution in [3.8, 4) is 5.95 Å². The second-order valence-electron chi connectivity index (χ2n) is 6.43. The van der Waals surface area contributed by atoms with Gasteiger partial charge in [0.05, 0.1) is 17.6 Å². The molecule has 0 saturated carbocycles. The molecule has 4 rings (SSSR count). The van der Waals surface area contributed by atoms with Crippen LogP contribution in [0.5, 0.6) is 0 Å². The van der Waals surface area contributed by atoms with E-state index in [4.69, 9.17) is 0 Å². The molecular formula is C18H16F2N8O2S. The molecule has 0 atom stereocenters. The van der Waals surface area contributed by atoms with Crippen LogP contribution in [0.4, 0.5) is 26.0 Å². The highest BCUT2D eigenvalue weighted by Gasteiger charge is 2.20. The normalized spacial score (nSPS) is 11.6. The summed E-state index contributed by atoms with van der Waals surface area (Å²) < 4.78 is 57.1. The van der Waals surface area contributed by atoms with E-state index in [1.807, 2.05) is 0 Å². The van der Waals surface area contributed by atoms with Gasteiger partial charge in [-0.25, -0.2) is 42.1 Å². The zero-order valence-corrected chi connectivity index (χ0v) is 16.9. The number of hydrogen-bond donors (Lipinski definition) is 2. The van der Waals surface area contributed by atoms with Crippen molar-refractivity contribution in [2.45, 2.75) is 13.3 Å². The summed E-state index contributed by atoms with van der Waals surface area (Å²) in [4.78, 5) is 20.5. The number of halogens is 2. The molecule has 0 bridgehead atoms. The molecule has 3 heterocycles. The first-order valence-electron chi connectivity index (χ1n) is 9.09. The van der Waals surface area contributed by atoms with Crippen LogP contribution in [0.2, 0.25) is 0 Å². The number of imidazole rings is 1. The minimum absolute atomic E-state index is 0.0140. The largest absolute Gasteiger partial charge is 0.333 e. The van der Waals surface area contributed by atoms with Crippen molar-refractivity contribution in [3.63, 3.8) is 0 Å². The summed E-state index contributed by atoms with van der Waals surface area (Å²) >= 11 is 0. The summed E-state index contributed by atoms with van der Waals surface area (Å²) in [5.74, 6) is -1.98. The fourth-order valence-electron chi connectivity index (χ4n) is 2.79. The van der Waals surface area contributed by atoms with Crippen molar-refractivity contribution in [2.24, 2.45) is 0 Å². The highest BCUT2D eigenvalue weighted by molar-refractivity contribution is 7.92. The Balaban J connectivity index is 1.75. The lowest BCUT2D eigenvalue weighted by Crippen LogP contribution is -2.17. The number of benzene rings is 1. The van der Waals surface area contributed by atoms with Crippen molar-refractivity contribution in [1.29, 1.82) is 0 Å². The molecule has 1 aromatic carbocycles. The first-order valence-corrected chi connectivity index (χ1v) is 10.7. The van der Waals surface area contributed by atoms with Gasteiger partial charge in [-0.15, -0.1) is 0 Å². The van der Waals surface area contributed by atoms with Crippen LogP contribution in [-0.2, 0) is 10.0 Å². The minimum Gasteiger partial charge on any atom is -0.333 e. The van der Waals surface area contributed by atoms with Crippen LogP contribution in [0.25, 0.3) is 17.0 Å². The van der Waals surface area contributed by atoms with Crippen LogP contribution in [0.3, 0.4) is 0 Å². The van der Waals surface area contributed by atoms with Gasteiger partial charge in [0.25, 0.3) is 0 Å². The van der Waals surface area contributed by atoms with Crippen LogP contribution in [0.15, 0.2) is 43.4 Å². The number of rotatable bonds is 7. The van der Waals surface area contributed by atoms with E-state index in [0.717, 1.165) is 12.1 Å². The van der Waals surface area contributed by atoms with Crippen LogP contribution < -0.4 is 10.0 Å². The quantitative estimate of drug-likeness (QED) is 0.444. The Morgan fingerprint density at radius 2 is 2.00 bits per heavy atom. The maximum Gasteiger partial charge on any atom is 0.235 e. The topological polar surface area (TPSA) is 128 Å². The molecule has 13 heteroatoms. The third-order valence-corrected chi connectivity index (χ3v) is 5.65. The molecule has 4 aromatic rings. The second-order valence-corrected chi connectivity index (χ2v) is 8.27. The predicted octanol–water partition coefficient (Wildman–Crippen LogP) is 2.78. The Hall–Kier alpha value is -3.74. The molecule has 0 saturated heterocycles. The smallest absolute Gasteiger partial charge is 0.235 e. The highest BCUT2D eigenvalue weighted by Crippen LogP contribution is 2.30. The lowest BCUT2D eigenvalue weighted by Gasteiger charge is -2.14. The lowest BCUT2D eigenvalue weighted by molar-refractivity contribution is 0.588. The zero-order valence-electron chi connectivity index (χ0n) is 16.1. The maximum atomic E-state index is 15.0. The highest BCUT2D eigenvalue weighted by atomic mass is 32.2. The predicted molar refractivity (Wildman–Crippen MR) is 110 cm³/mol. The van der Waals surface area contributed by atoms with Crippen molar-refractivity contribution >= 4 is 38.2 Å². The number of nitrogens with one attached hydrogen (secondary N) is 2. The van der Waals surface area contributed by atoms with Gasteiger partial charge in [-0.3, -0.25) is 9.29 Å². The molecule has 160 valence electrons. The van der Waals surface area contributed by atoms with Crippen LogP contribution in [0, 0.1) is 11.6 Å². The van der Waals surface area contributed by atoms with E-state index in [1.54, 1.807) is 23.9 Å². The van der Waals surface area contributed by atoms with Crippen molar-refractivity contribution in [1.82, 2.24) is 29.5 Å². The third-order valence-electron chi connectivity index (χ3n) is 4.17. The molecule has 0 aliphatic carbocycles. The Labute approximate surface area is 175 Å². The molecule has 31 heavy (non-hydrogen) atoms. The summed E-state index contributed by atoms with van der Waals surface area (Å²) in [7, 11) is -3.77. The fraction of sp³-hybridized carbons (Fsp3) is 0.167. The summed E-state index contributed by atoms with van der Waals surface area (Å²) in [6.45, 7) is 1.67. The van der Waals surface area contributed by atoms with E-state index in [1.165, 1.54) is 18.9 Å². The minimum atomic E-state index is -3.77. The molecule has 0 amide bonds. The van der Waals surface area contributed by atoms with E-state index in [0.29, 0.717) is 11.9 Å². The molecule has 0 spiro atoms. The maximum absolute atomic E-state index is 15.0. The number of aromatic nitrogens is 6. The van der Waals surface area contributed by atoms with E-state index in [9.17, 15) is 17.2 Å². The lowest BCUT2D eigenvalue weighted by atomic mass is 10.2. The first kappa shape index (κ1) is 20.5. The Morgan fingerprint density at radius 3 is 2.74 bits per heavy atom. The zero-order chi connectivity index (χ0) is 22.0. The summed E-state index contributed by atoms with van der Waals surface area (Å²) in [6.07, 6.45) is 7.63. The van der Waals surface area contributed by atoms with Gasteiger partial charge in [0.15, 0.2) is 11.6 Å². The van der Waals surface area contributed by atoms with E-state index >= 15 is 0 Å². The Kier molecular flexibility index (Phi) is 5.42. The van der Waals surface area contributed by atoms with Gasteiger partial charge in [0, 0.05) is 12.4 Å². The number of sulfonamides is 1. The van der Waals surface area contributed by atoms with E-state index in [2.05, 4.69) is 35.0 Å². The van der Waals surface area contributed by atoms with Crippen LogP contribution in [0.1, 0.15) is 13.3 Å². The molecule has 0 unspecified atom stereocenters. The van der Waals surface area contributed by atoms with Crippen molar-refractivity contribution in [3.05, 3.63) is 55.0 Å². The van der Waals surface area contributed by atoms with Gasteiger partial charge < -0.3 is 5.32 Å². The first-order chi connectivity index (χ1) is 14.9. The average Bonchev–Trinajstić information content (AvgIpc) is 3.28. The van der Waals surface area contributed by atoms with Gasteiger partial charge in [-0.05, 0) is 18.6 Å². The summed E-state index contributed by atoms with van der Waals surface area (Å²) in [5.41, 5.74) is -0.428. The van der Waals surface area contributed by atoms with Gasteiger partial charge >= 0.3 is 0 Å². The van der Waals surface area contributed by atoms with Crippen LogP contribution in [-0.4, -0.2) is 43.7 Å². The molecule has 3 aromatic heterocycles. The van der Waals surface area contributed by atoms with Gasteiger partial charge in [-0.1, -0.05) is 6.92 Å². The van der Waals surface area contributed by atoms with Crippen molar-refractivity contribution < 1.29 is 17.2 Å². The third kappa shape index (κ3) is 4.26. The van der Waals surface area contributed by atoms with Gasteiger partial charge in [-0.2, -0.15) is 0 Å². The molecule has 0 fully saturated rings. The molecular weight excluding hydrogens is 430 g/mol. The summed E-state index contributed by atoms with van der Waals surface area (Å²) in [6, 6.07) is 1.96. The SMILES string of the molecule is CCCS(=O)(=O)Nc1ccc(F)c(Nc2ncnc3cnc(-n4ccnc4)nc23)c1F. The fourth-order valence-corrected chi connectivity index (χ4v) is 3.92. The van der Waals surface area contributed by atoms with Gasteiger partial charge in [0.2, 0.25) is 16.0 Å². The molecule has 0 aliphatic heterocycles. The van der Waals surface area contributed by atoms with E-state index in [-0.39, 0.29) is 28.7 Å². The molecule has 2 N–H and O–H groups in total. The number of nitrogens with zero attached hydrogens (tertiary/aromatic N) is 6. The van der Waals surface area contributed by atoms with Gasteiger partial charge in [0.1, 0.15) is 35.2 Å². The second kappa shape index (κ2) is 8.18. The number of fused-ring (bicyclic) bond motifs is 1. The Bertz CT molecular complexity index is 1350.